The molecule has 0 aliphatic carbocycles. The Bertz CT molecular complexity index is 657. The van der Waals surface area contributed by atoms with E-state index in [0.29, 0.717) is 17.9 Å². The van der Waals surface area contributed by atoms with E-state index in [1.54, 1.807) is 49.7 Å². The lowest BCUT2D eigenvalue weighted by atomic mass is 10.2. The Labute approximate surface area is 140 Å². The Balaban J connectivity index is 2.07. The minimum atomic E-state index is -0.427. The van der Waals surface area contributed by atoms with Gasteiger partial charge in [0.1, 0.15) is 17.2 Å². The molecule has 0 saturated heterocycles. The Kier molecular flexibility index (Phi) is 6.39. The molecular formula is C17H21N3O4. The summed E-state index contributed by atoms with van der Waals surface area (Å²) in [6.45, 7) is 1.76. The predicted molar refractivity (Wildman–Crippen MR) is 90.6 cm³/mol. The van der Waals surface area contributed by atoms with Crippen molar-refractivity contribution in [2.45, 2.75) is 19.4 Å². The second kappa shape index (κ2) is 8.73. The number of hydrogen-bond donors (Lipinski definition) is 3. The zero-order valence-corrected chi connectivity index (χ0v) is 13.7. The van der Waals surface area contributed by atoms with E-state index in [1.165, 1.54) is 0 Å². The van der Waals surface area contributed by atoms with E-state index in [-0.39, 0.29) is 18.5 Å². The molecule has 3 N–H and O–H groups in total. The summed E-state index contributed by atoms with van der Waals surface area (Å²) in [6.07, 6.45) is 2.21. The van der Waals surface area contributed by atoms with Crippen molar-refractivity contribution in [2.24, 2.45) is 0 Å². The summed E-state index contributed by atoms with van der Waals surface area (Å²) in [4.78, 5) is 16.1. The van der Waals surface area contributed by atoms with Crippen molar-refractivity contribution in [1.82, 2.24) is 10.3 Å². The van der Waals surface area contributed by atoms with Gasteiger partial charge in [-0.2, -0.15) is 0 Å². The van der Waals surface area contributed by atoms with Crippen molar-refractivity contribution >= 4 is 11.7 Å². The number of aliphatic hydroxyl groups excluding tert-OH is 1. The molecule has 0 aliphatic rings. The third-order valence-electron chi connectivity index (χ3n) is 3.34. The first-order valence-corrected chi connectivity index (χ1v) is 7.61. The standard InChI is InChI=1S/C17H21N3O4/c1-3-12(11-21)19-17(22)20-15-5-4-10-18-16(15)24-14-8-6-13(23-2)7-9-14/h4-10,12,21H,3,11H2,1-2H3,(H2,19,20,22)/t12-/m1/s1. The Morgan fingerprint density at radius 3 is 2.58 bits per heavy atom. The number of aromatic nitrogens is 1. The van der Waals surface area contributed by atoms with Crippen LogP contribution < -0.4 is 20.1 Å². The maximum absolute atomic E-state index is 12.0. The molecule has 1 aromatic carbocycles. The molecule has 24 heavy (non-hydrogen) atoms. The van der Waals surface area contributed by atoms with Crippen molar-refractivity contribution in [2.75, 3.05) is 19.0 Å². The highest BCUT2D eigenvalue weighted by Gasteiger charge is 2.12. The van der Waals surface area contributed by atoms with Crippen LogP contribution in [0, 0.1) is 0 Å². The summed E-state index contributed by atoms with van der Waals surface area (Å²) in [5, 5.41) is 14.5. The molecule has 7 heteroatoms. The number of nitrogens with zero attached hydrogens (tertiary/aromatic N) is 1. The van der Waals surface area contributed by atoms with Gasteiger partial charge >= 0.3 is 6.03 Å². The largest absolute Gasteiger partial charge is 0.497 e. The van der Waals surface area contributed by atoms with E-state index in [9.17, 15) is 4.79 Å². The van der Waals surface area contributed by atoms with E-state index in [4.69, 9.17) is 14.6 Å². The maximum atomic E-state index is 12.0. The molecule has 2 aromatic rings. The number of ether oxygens (including phenoxy) is 2. The number of hydrogen-bond acceptors (Lipinski definition) is 5. The van der Waals surface area contributed by atoms with E-state index in [1.807, 2.05) is 6.92 Å². The number of carbonyl (C=O) groups is 1. The molecular weight excluding hydrogens is 310 g/mol. The summed E-state index contributed by atoms with van der Waals surface area (Å²) >= 11 is 0. The highest BCUT2D eigenvalue weighted by atomic mass is 16.5. The molecule has 0 bridgehead atoms. The lowest BCUT2D eigenvalue weighted by Gasteiger charge is -2.16. The van der Waals surface area contributed by atoms with Gasteiger partial charge in [-0.15, -0.1) is 0 Å². The Hall–Kier alpha value is -2.80. The smallest absolute Gasteiger partial charge is 0.319 e. The number of pyridine rings is 1. The Morgan fingerprint density at radius 1 is 1.25 bits per heavy atom. The number of nitrogens with one attached hydrogen (secondary N) is 2. The zero-order valence-electron chi connectivity index (χ0n) is 13.7. The molecule has 0 fully saturated rings. The van der Waals surface area contributed by atoms with Crippen molar-refractivity contribution in [3.05, 3.63) is 42.6 Å². The van der Waals surface area contributed by atoms with Gasteiger partial charge in [0.05, 0.1) is 19.8 Å². The normalized spacial score (nSPS) is 11.5. The number of rotatable bonds is 7. The fourth-order valence-corrected chi connectivity index (χ4v) is 1.94. The van der Waals surface area contributed by atoms with Gasteiger partial charge in [-0.3, -0.25) is 0 Å². The van der Waals surface area contributed by atoms with Crippen molar-refractivity contribution in [3.8, 4) is 17.4 Å². The van der Waals surface area contributed by atoms with Gasteiger partial charge in [0.25, 0.3) is 0 Å². The lowest BCUT2D eigenvalue weighted by Crippen LogP contribution is -2.39. The van der Waals surface area contributed by atoms with E-state index in [2.05, 4.69) is 15.6 Å². The van der Waals surface area contributed by atoms with Gasteiger partial charge in [-0.1, -0.05) is 6.92 Å². The maximum Gasteiger partial charge on any atom is 0.319 e. The summed E-state index contributed by atoms with van der Waals surface area (Å²) in [7, 11) is 1.59. The van der Waals surface area contributed by atoms with E-state index >= 15 is 0 Å². The van der Waals surface area contributed by atoms with Crippen molar-refractivity contribution in [1.29, 1.82) is 0 Å². The van der Waals surface area contributed by atoms with Gasteiger partial charge < -0.3 is 25.2 Å². The van der Waals surface area contributed by atoms with Gasteiger partial charge in [0, 0.05) is 6.20 Å². The lowest BCUT2D eigenvalue weighted by molar-refractivity contribution is 0.222. The van der Waals surface area contributed by atoms with Gasteiger partial charge in [-0.25, -0.2) is 9.78 Å². The van der Waals surface area contributed by atoms with Crippen LogP contribution in [0.1, 0.15) is 13.3 Å². The quantitative estimate of drug-likeness (QED) is 0.725. The van der Waals surface area contributed by atoms with Crippen LogP contribution in [0.5, 0.6) is 17.4 Å². The summed E-state index contributed by atoms with van der Waals surface area (Å²) in [5.41, 5.74) is 0.429. The summed E-state index contributed by atoms with van der Waals surface area (Å²) in [6, 6.07) is 9.68. The van der Waals surface area contributed by atoms with Crippen LogP contribution in [0.2, 0.25) is 0 Å². The summed E-state index contributed by atoms with van der Waals surface area (Å²) in [5.74, 6) is 1.56. The van der Waals surface area contributed by atoms with Gasteiger partial charge in [0.2, 0.25) is 5.88 Å². The monoisotopic (exact) mass is 331 g/mol. The molecule has 0 saturated carbocycles. The first-order chi connectivity index (χ1) is 11.7. The van der Waals surface area contributed by atoms with Gasteiger partial charge in [-0.05, 0) is 42.8 Å². The van der Waals surface area contributed by atoms with E-state index in [0.717, 1.165) is 5.75 Å². The third-order valence-corrected chi connectivity index (χ3v) is 3.34. The van der Waals surface area contributed by atoms with Crippen LogP contribution in [0.25, 0.3) is 0 Å². The summed E-state index contributed by atoms with van der Waals surface area (Å²) < 4.78 is 10.8. The second-order valence-electron chi connectivity index (χ2n) is 5.02. The van der Waals surface area contributed by atoms with Crippen LogP contribution in [0.4, 0.5) is 10.5 Å². The molecule has 0 radical (unpaired) electrons. The molecule has 128 valence electrons. The van der Waals surface area contributed by atoms with Gasteiger partial charge in [0.15, 0.2) is 0 Å². The molecule has 0 unspecified atom stereocenters. The Morgan fingerprint density at radius 2 is 1.96 bits per heavy atom. The van der Waals surface area contributed by atoms with Crippen molar-refractivity contribution in [3.63, 3.8) is 0 Å². The highest BCUT2D eigenvalue weighted by Crippen LogP contribution is 2.27. The number of aliphatic hydroxyl groups is 1. The fraction of sp³-hybridized carbons (Fsp3) is 0.294. The van der Waals surface area contributed by atoms with Crippen molar-refractivity contribution < 1.29 is 19.4 Å². The van der Waals surface area contributed by atoms with Crippen LogP contribution in [0.3, 0.4) is 0 Å². The molecule has 1 atom stereocenters. The number of amides is 2. The average Bonchev–Trinajstić information content (AvgIpc) is 2.62. The van der Waals surface area contributed by atoms with E-state index < -0.39 is 6.03 Å². The average molecular weight is 331 g/mol. The molecule has 7 nitrogen and oxygen atoms in total. The number of carbonyl (C=O) groups excluding carboxylic acids is 1. The number of benzene rings is 1. The van der Waals surface area contributed by atoms with Crippen LogP contribution in [0.15, 0.2) is 42.6 Å². The van der Waals surface area contributed by atoms with Crippen LogP contribution in [-0.2, 0) is 0 Å². The minimum absolute atomic E-state index is 0.119. The number of urea groups is 1. The second-order valence-corrected chi connectivity index (χ2v) is 5.02. The molecule has 1 heterocycles. The molecule has 1 aromatic heterocycles. The SMILES string of the molecule is CC[C@H](CO)NC(=O)Nc1cccnc1Oc1ccc(OC)cc1. The van der Waals surface area contributed by atoms with Crippen LogP contribution >= 0.6 is 0 Å². The van der Waals surface area contributed by atoms with Crippen LogP contribution in [-0.4, -0.2) is 35.9 Å². The highest BCUT2D eigenvalue weighted by molar-refractivity contribution is 5.90. The third kappa shape index (κ3) is 4.85. The molecule has 0 spiro atoms. The number of methoxy groups -OCH3 is 1. The molecule has 0 aliphatic heterocycles. The topological polar surface area (TPSA) is 92.7 Å². The minimum Gasteiger partial charge on any atom is -0.497 e. The zero-order chi connectivity index (χ0) is 17.4. The fourth-order valence-electron chi connectivity index (χ4n) is 1.94. The molecule has 2 amide bonds. The number of anilines is 1. The first kappa shape index (κ1) is 17.6. The molecule has 2 rings (SSSR count). The predicted octanol–water partition coefficient (Wildman–Crippen LogP) is 2.77. The first-order valence-electron chi connectivity index (χ1n) is 7.61.